The first-order valence-electron chi connectivity index (χ1n) is 19.6. The smallest absolute Gasteiger partial charge is 0.410 e. The predicted molar refractivity (Wildman–Crippen MR) is 218 cm³/mol. The van der Waals surface area contributed by atoms with Gasteiger partial charge in [0.25, 0.3) is 0 Å². The second kappa shape index (κ2) is 16.9. The molecule has 5 aromatic rings. The van der Waals surface area contributed by atoms with Crippen molar-refractivity contribution >= 4 is 29.7 Å². The van der Waals surface area contributed by atoms with Crippen LogP contribution >= 0.6 is 0 Å². The number of fused-ring (bicyclic) bond motifs is 4. The highest BCUT2D eigenvalue weighted by Crippen LogP contribution is 2.44. The van der Waals surface area contributed by atoms with Crippen molar-refractivity contribution in [3.63, 3.8) is 0 Å². The van der Waals surface area contributed by atoms with Crippen LogP contribution in [0.2, 0.25) is 0 Å². The molecule has 14 heteroatoms. The van der Waals surface area contributed by atoms with Gasteiger partial charge in [0.15, 0.2) is 12.5 Å². The molecular weight excluding hydrogens is 753 g/mol. The summed E-state index contributed by atoms with van der Waals surface area (Å²) in [7, 11) is 0. The number of nitrogens with zero attached hydrogens (tertiary/aromatic N) is 4. The Hall–Kier alpha value is -6.35. The monoisotopic (exact) mass is 798 g/mol. The van der Waals surface area contributed by atoms with E-state index in [1.54, 1.807) is 55.9 Å². The largest absolute Gasteiger partial charge is 0.448 e. The summed E-state index contributed by atoms with van der Waals surface area (Å²) in [6.45, 7) is 5.49. The first-order valence-corrected chi connectivity index (χ1v) is 19.6. The summed E-state index contributed by atoms with van der Waals surface area (Å²) in [5.74, 6) is 0.227. The van der Waals surface area contributed by atoms with E-state index in [0.29, 0.717) is 17.3 Å². The highest BCUT2D eigenvalue weighted by Gasteiger charge is 2.37. The number of benzene rings is 4. The van der Waals surface area contributed by atoms with Gasteiger partial charge in [0.1, 0.15) is 30.0 Å². The molecule has 3 N–H and O–H groups in total. The van der Waals surface area contributed by atoms with Crippen LogP contribution in [-0.2, 0) is 36.8 Å². The van der Waals surface area contributed by atoms with Gasteiger partial charge >= 0.3 is 12.1 Å². The molecule has 304 valence electrons. The number of nitrogens with one attached hydrogen (secondary N) is 2. The van der Waals surface area contributed by atoms with Crippen LogP contribution in [0.25, 0.3) is 11.1 Å². The van der Waals surface area contributed by atoms with E-state index in [0.717, 1.165) is 33.4 Å². The predicted octanol–water partition coefficient (Wildman–Crippen LogP) is 6.33. The number of amides is 2. The molecule has 3 heterocycles. The molecule has 0 saturated carbocycles. The average Bonchev–Trinajstić information content (AvgIpc) is 3.81. The summed E-state index contributed by atoms with van der Waals surface area (Å²) in [5.41, 5.74) is 5.86. The van der Waals surface area contributed by atoms with E-state index < -0.39 is 30.1 Å². The number of esters is 1. The minimum absolute atomic E-state index is 0.0855. The first-order chi connectivity index (χ1) is 28.5. The topological polar surface area (TPSA) is 166 Å². The van der Waals surface area contributed by atoms with Gasteiger partial charge in [-0.05, 0) is 66.3 Å². The Bertz CT molecular complexity index is 2310. The zero-order valence-electron chi connectivity index (χ0n) is 33.0. The minimum Gasteiger partial charge on any atom is -0.448 e. The molecule has 59 heavy (non-hydrogen) atoms. The summed E-state index contributed by atoms with van der Waals surface area (Å²) in [6, 6.07) is 32.6. The number of morpholine rings is 1. The number of aliphatic hydroxyl groups excluding tert-OH is 1. The van der Waals surface area contributed by atoms with E-state index in [4.69, 9.17) is 18.9 Å². The average molecular weight is 799 g/mol. The maximum atomic E-state index is 13.8. The molecule has 1 unspecified atom stereocenters. The fraction of sp³-hybridized carbons (Fsp3) is 0.311. The van der Waals surface area contributed by atoms with Gasteiger partial charge in [0.2, 0.25) is 11.9 Å². The molecule has 1 saturated heterocycles. The van der Waals surface area contributed by atoms with Crippen molar-refractivity contribution in [2.45, 2.75) is 58.3 Å². The lowest BCUT2D eigenvalue weighted by atomic mass is 9.97. The third-order valence-corrected chi connectivity index (χ3v) is 10.4. The van der Waals surface area contributed by atoms with Crippen LogP contribution in [0.3, 0.4) is 0 Å². The summed E-state index contributed by atoms with van der Waals surface area (Å²) in [5, 5.41) is 16.3. The lowest BCUT2D eigenvalue weighted by molar-refractivity contribution is -0.143. The molecule has 3 aliphatic rings. The zero-order chi connectivity index (χ0) is 41.1. The Labute approximate surface area is 341 Å². The van der Waals surface area contributed by atoms with Crippen LogP contribution in [0.4, 0.5) is 10.6 Å². The Morgan fingerprint density at radius 2 is 1.56 bits per heavy atom. The van der Waals surface area contributed by atoms with Crippen molar-refractivity contribution in [2.24, 2.45) is 10.4 Å². The Morgan fingerprint density at radius 3 is 2.24 bits per heavy atom. The molecule has 2 amide bonds. The van der Waals surface area contributed by atoms with Crippen LogP contribution in [0, 0.1) is 5.41 Å². The van der Waals surface area contributed by atoms with Gasteiger partial charge in [0.05, 0.1) is 44.5 Å². The third kappa shape index (κ3) is 8.75. The second-order valence-corrected chi connectivity index (χ2v) is 15.8. The standard InChI is InChI=1S/C45H46N6O8/c1-45(2,3)42(54)59-30-19-17-29(18-20-30)25-56-41-39-40(48-43(49-41)47-37(53)21-28-11-5-4-6-12-28)51(27-46-39)38-23-50(22-31(24-52)58-38)44(55)57-26-36-34-15-9-7-13-32(34)33-14-8-10-16-35(33)36/h4-20,27,31,36,38,41,52H,21-26H2,1-3H3,(H2,47,48,49,53)/t31-,38+,41?/m0/s1. The lowest BCUT2D eigenvalue weighted by Crippen LogP contribution is -2.50. The number of imidazole rings is 1. The molecule has 1 fully saturated rings. The van der Waals surface area contributed by atoms with Gasteiger partial charge in [-0.2, -0.15) is 0 Å². The van der Waals surface area contributed by atoms with Gasteiger partial charge in [0, 0.05) is 5.92 Å². The summed E-state index contributed by atoms with van der Waals surface area (Å²) < 4.78 is 25.8. The maximum absolute atomic E-state index is 13.8. The molecule has 1 aromatic heterocycles. The number of aliphatic imine (C=N–C) groups is 1. The number of hydrogen-bond donors (Lipinski definition) is 3. The van der Waals surface area contributed by atoms with E-state index >= 15 is 0 Å². The SMILES string of the molecule is CC(C)(C)C(=O)Oc1ccc(COC2N=C(NC(=O)Cc3ccccc3)Nc3c2ncn3[C@H]2CN(C(=O)OCC3c4ccccc4-c4ccccc43)C[C@@H](CO)O2)cc1. The van der Waals surface area contributed by atoms with Crippen LogP contribution in [0.1, 0.15) is 67.1 Å². The van der Waals surface area contributed by atoms with E-state index in [1.807, 2.05) is 54.6 Å². The van der Waals surface area contributed by atoms with Gasteiger partial charge in [-0.25, -0.2) is 14.8 Å². The van der Waals surface area contributed by atoms with Crippen molar-refractivity contribution < 1.29 is 38.4 Å². The van der Waals surface area contributed by atoms with Crippen molar-refractivity contribution in [1.82, 2.24) is 19.8 Å². The minimum atomic E-state index is -0.951. The number of carbonyl (C=O) groups is 3. The number of ether oxygens (including phenoxy) is 4. The fourth-order valence-corrected chi connectivity index (χ4v) is 7.36. The van der Waals surface area contributed by atoms with Gasteiger partial charge < -0.3 is 34.3 Å². The number of carbonyl (C=O) groups excluding carboxylic acids is 3. The molecule has 2 aliphatic heterocycles. The molecule has 0 spiro atoms. The Kier molecular flexibility index (Phi) is 11.3. The van der Waals surface area contributed by atoms with E-state index in [9.17, 15) is 19.5 Å². The number of anilines is 1. The molecular formula is C45H46N6O8. The molecule has 8 rings (SSSR count). The Morgan fingerprint density at radius 1 is 0.881 bits per heavy atom. The molecule has 3 atom stereocenters. The molecule has 14 nitrogen and oxygen atoms in total. The van der Waals surface area contributed by atoms with E-state index in [2.05, 4.69) is 44.9 Å². The quantitative estimate of drug-likeness (QED) is 0.107. The van der Waals surface area contributed by atoms with Gasteiger partial charge in [-0.15, -0.1) is 0 Å². The maximum Gasteiger partial charge on any atom is 0.410 e. The number of hydrogen-bond acceptors (Lipinski definition) is 11. The number of aromatic nitrogens is 2. The van der Waals surface area contributed by atoms with Crippen LogP contribution in [0.15, 0.2) is 114 Å². The second-order valence-electron chi connectivity index (χ2n) is 15.8. The summed E-state index contributed by atoms with van der Waals surface area (Å²) in [4.78, 5) is 50.2. The molecule has 1 aliphatic carbocycles. The summed E-state index contributed by atoms with van der Waals surface area (Å²) in [6.07, 6.45) is -1.33. The molecule has 4 aromatic carbocycles. The zero-order valence-corrected chi connectivity index (χ0v) is 33.0. The van der Waals surface area contributed by atoms with Crippen molar-refractivity contribution in [2.75, 3.05) is 31.6 Å². The third-order valence-electron chi connectivity index (χ3n) is 10.4. The summed E-state index contributed by atoms with van der Waals surface area (Å²) >= 11 is 0. The number of rotatable bonds is 10. The number of guanidine groups is 1. The van der Waals surface area contributed by atoms with Gasteiger partial charge in [-0.3, -0.25) is 19.5 Å². The molecule has 0 radical (unpaired) electrons. The highest BCUT2D eigenvalue weighted by atomic mass is 16.6. The van der Waals surface area contributed by atoms with Crippen molar-refractivity contribution in [3.8, 4) is 16.9 Å². The number of aliphatic hydroxyl groups is 1. The van der Waals surface area contributed by atoms with Crippen molar-refractivity contribution in [1.29, 1.82) is 0 Å². The lowest BCUT2D eigenvalue weighted by Gasteiger charge is -2.38. The van der Waals surface area contributed by atoms with Crippen molar-refractivity contribution in [3.05, 3.63) is 137 Å². The van der Waals surface area contributed by atoms with Crippen LogP contribution < -0.4 is 15.4 Å². The highest BCUT2D eigenvalue weighted by molar-refractivity contribution is 6.05. The van der Waals surface area contributed by atoms with E-state index in [1.165, 1.54) is 4.90 Å². The fourth-order valence-electron chi connectivity index (χ4n) is 7.36. The normalized spacial score (nSPS) is 18.5. The van der Waals surface area contributed by atoms with E-state index in [-0.39, 0.29) is 63.1 Å². The van der Waals surface area contributed by atoms with Crippen LogP contribution in [-0.4, -0.2) is 75.9 Å². The van der Waals surface area contributed by atoms with Gasteiger partial charge in [-0.1, -0.05) is 91.0 Å². The van der Waals surface area contributed by atoms with Crippen LogP contribution in [0.5, 0.6) is 5.75 Å². The Balaban J connectivity index is 0.995. The molecule has 0 bridgehead atoms. The first kappa shape index (κ1) is 39.5.